The van der Waals surface area contributed by atoms with Crippen molar-refractivity contribution in [1.82, 2.24) is 25.1 Å². The van der Waals surface area contributed by atoms with Gasteiger partial charge in [-0.2, -0.15) is 5.10 Å². The molecule has 2 aromatic rings. The number of aromatic nitrogens is 5. The van der Waals surface area contributed by atoms with Crippen LogP contribution in [0.3, 0.4) is 0 Å². The molecule has 0 aliphatic carbocycles. The van der Waals surface area contributed by atoms with Gasteiger partial charge in [-0.25, -0.2) is 15.0 Å². The maximum Gasteiger partial charge on any atom is 0.157 e. The van der Waals surface area contributed by atoms with Gasteiger partial charge in [-0.1, -0.05) is 11.6 Å². The molecule has 8 heteroatoms. The number of nitrogens with one attached hydrogen (secondary N) is 2. The molecule has 0 fully saturated rings. The minimum atomic E-state index is 0.227. The second-order valence-corrected chi connectivity index (χ2v) is 3.07. The third-order valence-corrected chi connectivity index (χ3v) is 2.02. The van der Waals surface area contributed by atoms with E-state index >= 15 is 0 Å². The molecule has 0 saturated carbocycles. The first-order chi connectivity index (χ1) is 7.27. The van der Waals surface area contributed by atoms with Crippen LogP contribution in [0, 0.1) is 0 Å². The second-order valence-electron chi connectivity index (χ2n) is 2.71. The Hall–Kier alpha value is -1.89. The molecular weight excluding hydrogens is 218 g/mol. The summed E-state index contributed by atoms with van der Waals surface area (Å²) in [6.45, 7) is 0.442. The highest BCUT2D eigenvalue weighted by Crippen LogP contribution is 2.21. The highest BCUT2D eigenvalue weighted by Gasteiger charge is 2.05. The fourth-order valence-corrected chi connectivity index (χ4v) is 1.13. The van der Waals surface area contributed by atoms with Crippen LogP contribution in [0.4, 0.5) is 11.5 Å². The lowest BCUT2D eigenvalue weighted by Gasteiger charge is -2.06. The molecule has 0 unspecified atom stereocenters. The number of rotatable bonds is 3. The van der Waals surface area contributed by atoms with Gasteiger partial charge < -0.3 is 11.1 Å². The molecule has 15 heavy (non-hydrogen) atoms. The van der Waals surface area contributed by atoms with E-state index in [0.717, 1.165) is 0 Å². The number of nitrogen functional groups attached to an aromatic ring is 1. The molecule has 4 N–H and O–H groups in total. The van der Waals surface area contributed by atoms with Crippen LogP contribution in [-0.4, -0.2) is 25.1 Å². The van der Waals surface area contributed by atoms with Gasteiger partial charge in [0.1, 0.15) is 24.2 Å². The molecule has 0 aromatic carbocycles. The third-order valence-electron chi connectivity index (χ3n) is 1.72. The van der Waals surface area contributed by atoms with E-state index in [1.807, 2.05) is 0 Å². The summed E-state index contributed by atoms with van der Waals surface area (Å²) >= 11 is 5.72. The van der Waals surface area contributed by atoms with E-state index in [4.69, 9.17) is 17.3 Å². The summed E-state index contributed by atoms with van der Waals surface area (Å²) < 4.78 is 0. The van der Waals surface area contributed by atoms with Gasteiger partial charge in [0, 0.05) is 0 Å². The zero-order chi connectivity index (χ0) is 10.7. The summed E-state index contributed by atoms with van der Waals surface area (Å²) in [7, 11) is 0. The molecular formula is C7H8ClN7. The van der Waals surface area contributed by atoms with Crippen molar-refractivity contribution < 1.29 is 0 Å². The Morgan fingerprint density at radius 2 is 2.20 bits per heavy atom. The molecule has 0 amide bonds. The molecule has 0 bridgehead atoms. The number of hydrogen-bond acceptors (Lipinski definition) is 6. The molecule has 0 radical (unpaired) electrons. The molecule has 0 atom stereocenters. The summed E-state index contributed by atoms with van der Waals surface area (Å²) in [6.07, 6.45) is 2.76. The zero-order valence-electron chi connectivity index (χ0n) is 7.61. The zero-order valence-corrected chi connectivity index (χ0v) is 8.36. The molecule has 2 rings (SSSR count). The van der Waals surface area contributed by atoms with Gasteiger partial charge in [0.2, 0.25) is 0 Å². The second kappa shape index (κ2) is 4.09. The molecule has 78 valence electrons. The fourth-order valence-electron chi connectivity index (χ4n) is 0.998. The van der Waals surface area contributed by atoms with E-state index in [-0.39, 0.29) is 5.15 Å². The molecule has 0 aliphatic rings. The van der Waals surface area contributed by atoms with E-state index in [1.54, 1.807) is 0 Å². The first-order valence-electron chi connectivity index (χ1n) is 4.11. The van der Waals surface area contributed by atoms with Crippen LogP contribution in [-0.2, 0) is 6.54 Å². The van der Waals surface area contributed by atoms with Crippen LogP contribution in [0.2, 0.25) is 5.15 Å². The average Bonchev–Trinajstić information content (AvgIpc) is 2.73. The van der Waals surface area contributed by atoms with E-state index in [2.05, 4.69) is 30.5 Å². The predicted octanol–water partition coefficient (Wildman–Crippen LogP) is 0.442. The average molecular weight is 226 g/mol. The first-order valence-corrected chi connectivity index (χ1v) is 4.49. The lowest BCUT2D eigenvalue weighted by atomic mass is 10.4. The van der Waals surface area contributed by atoms with Crippen LogP contribution in [0.15, 0.2) is 12.7 Å². The van der Waals surface area contributed by atoms with Gasteiger partial charge in [0.15, 0.2) is 11.0 Å². The summed E-state index contributed by atoms with van der Waals surface area (Å²) in [4.78, 5) is 11.6. The quantitative estimate of drug-likeness (QED) is 0.655. The molecule has 7 nitrogen and oxygen atoms in total. The summed E-state index contributed by atoms with van der Waals surface area (Å²) in [5.74, 6) is 1.16. The monoisotopic (exact) mass is 225 g/mol. The molecule has 0 spiro atoms. The van der Waals surface area contributed by atoms with Crippen LogP contribution < -0.4 is 11.1 Å². The highest BCUT2D eigenvalue weighted by atomic mass is 35.5. The minimum Gasteiger partial charge on any atom is -0.393 e. The topological polar surface area (TPSA) is 105 Å². The number of halogens is 1. The maximum atomic E-state index is 5.72. The van der Waals surface area contributed by atoms with Crippen LogP contribution in [0.1, 0.15) is 5.82 Å². The van der Waals surface area contributed by atoms with Gasteiger partial charge in [0.05, 0.1) is 6.54 Å². The number of nitrogens with zero attached hydrogens (tertiary/aromatic N) is 4. The fraction of sp³-hybridized carbons (Fsp3) is 0.143. The van der Waals surface area contributed by atoms with Crippen molar-refractivity contribution in [1.29, 1.82) is 0 Å². The lowest BCUT2D eigenvalue weighted by molar-refractivity contribution is 0.945. The third kappa shape index (κ3) is 2.13. The van der Waals surface area contributed by atoms with E-state index < -0.39 is 0 Å². The Kier molecular flexibility index (Phi) is 2.64. The number of H-pyrrole nitrogens is 1. The van der Waals surface area contributed by atoms with Crippen LogP contribution in [0.25, 0.3) is 0 Å². The molecule has 2 heterocycles. The Morgan fingerprint density at radius 1 is 1.33 bits per heavy atom. The van der Waals surface area contributed by atoms with E-state index in [1.165, 1.54) is 12.7 Å². The van der Waals surface area contributed by atoms with E-state index in [9.17, 15) is 0 Å². The van der Waals surface area contributed by atoms with Gasteiger partial charge in [0.25, 0.3) is 0 Å². The largest absolute Gasteiger partial charge is 0.393 e. The van der Waals surface area contributed by atoms with Crippen molar-refractivity contribution >= 4 is 23.1 Å². The van der Waals surface area contributed by atoms with Crippen molar-refractivity contribution in [2.75, 3.05) is 11.1 Å². The van der Waals surface area contributed by atoms with Crippen molar-refractivity contribution in [3.63, 3.8) is 0 Å². The smallest absolute Gasteiger partial charge is 0.157 e. The van der Waals surface area contributed by atoms with Crippen LogP contribution in [0.5, 0.6) is 0 Å². The number of anilines is 2. The Morgan fingerprint density at radius 3 is 2.93 bits per heavy atom. The summed E-state index contributed by atoms with van der Waals surface area (Å²) in [5.41, 5.74) is 5.97. The van der Waals surface area contributed by atoms with Gasteiger partial charge in [-0.05, 0) is 0 Å². The molecule has 2 aromatic heterocycles. The first kappa shape index (κ1) is 9.66. The minimum absolute atomic E-state index is 0.227. The summed E-state index contributed by atoms with van der Waals surface area (Å²) in [6, 6.07) is 0. The Bertz CT molecular complexity index is 441. The van der Waals surface area contributed by atoms with Gasteiger partial charge >= 0.3 is 0 Å². The normalized spacial score (nSPS) is 10.2. The van der Waals surface area contributed by atoms with Crippen molar-refractivity contribution in [3.05, 3.63) is 23.6 Å². The molecule has 0 aliphatic heterocycles. The van der Waals surface area contributed by atoms with Crippen molar-refractivity contribution in [3.8, 4) is 0 Å². The lowest BCUT2D eigenvalue weighted by Crippen LogP contribution is -2.06. The van der Waals surface area contributed by atoms with Gasteiger partial charge in [-0.3, -0.25) is 5.10 Å². The van der Waals surface area contributed by atoms with Gasteiger partial charge in [-0.15, -0.1) is 0 Å². The number of aromatic amines is 1. The summed E-state index contributed by atoms with van der Waals surface area (Å²) in [5, 5.41) is 9.60. The Balaban J connectivity index is 2.08. The number of nitrogens with two attached hydrogens (primary N) is 1. The Labute approximate surface area is 90.1 Å². The van der Waals surface area contributed by atoms with Crippen molar-refractivity contribution in [2.24, 2.45) is 0 Å². The number of hydrogen-bond donors (Lipinski definition) is 3. The predicted molar refractivity (Wildman–Crippen MR) is 55.2 cm³/mol. The standard InChI is InChI=1S/C7H8ClN7/c8-6-5(9)7(13-2-12-6)10-1-4-11-3-14-15-4/h2-3H,1,9H2,(H,10,12,13)(H,11,14,15). The molecule has 0 saturated heterocycles. The highest BCUT2D eigenvalue weighted by molar-refractivity contribution is 6.32. The van der Waals surface area contributed by atoms with E-state index in [0.29, 0.717) is 23.9 Å². The van der Waals surface area contributed by atoms with Crippen LogP contribution >= 0.6 is 11.6 Å². The SMILES string of the molecule is Nc1c(Cl)ncnc1NCc1ncn[nH]1. The van der Waals surface area contributed by atoms with Crippen molar-refractivity contribution in [2.45, 2.75) is 6.54 Å². The maximum absolute atomic E-state index is 5.72.